The molecule has 1 fully saturated rings. The summed E-state index contributed by atoms with van der Waals surface area (Å²) in [6.07, 6.45) is 1.59. The van der Waals surface area contributed by atoms with Gasteiger partial charge in [-0.15, -0.1) is 0 Å². The molecule has 1 heterocycles. The summed E-state index contributed by atoms with van der Waals surface area (Å²) in [4.78, 5) is 17.3. The van der Waals surface area contributed by atoms with Crippen molar-refractivity contribution in [1.29, 1.82) is 0 Å². The monoisotopic (exact) mass is 377 g/mol. The maximum atomic E-state index is 11.0. The molecule has 0 unspecified atom stereocenters. The van der Waals surface area contributed by atoms with E-state index in [1.165, 1.54) is 18.2 Å². The van der Waals surface area contributed by atoms with Crippen molar-refractivity contribution in [2.24, 2.45) is 4.99 Å². The standard InChI is InChI=1S/C21H19N3O4/c25-21-8-1-15-13-18(24(26)27)6-7-19(15)20(21)14-22-16-2-4-17(5-3-16)23-9-11-28-12-10-23/h1-8,13-14,25H,9-12H2. The van der Waals surface area contributed by atoms with Crippen LogP contribution >= 0.6 is 0 Å². The highest BCUT2D eigenvalue weighted by Crippen LogP contribution is 2.29. The van der Waals surface area contributed by atoms with Gasteiger partial charge in [-0.1, -0.05) is 6.07 Å². The topological polar surface area (TPSA) is 88.2 Å². The Morgan fingerprint density at radius 1 is 1.07 bits per heavy atom. The second-order valence-electron chi connectivity index (χ2n) is 6.53. The number of non-ortho nitro benzene ring substituents is 1. The Balaban J connectivity index is 1.61. The molecule has 0 aromatic heterocycles. The fourth-order valence-electron chi connectivity index (χ4n) is 3.29. The van der Waals surface area contributed by atoms with E-state index in [2.05, 4.69) is 9.89 Å². The number of nitrogens with zero attached hydrogens (tertiary/aromatic N) is 3. The van der Waals surface area contributed by atoms with E-state index in [1.807, 2.05) is 24.3 Å². The van der Waals surface area contributed by atoms with Crippen LogP contribution in [-0.2, 0) is 4.74 Å². The van der Waals surface area contributed by atoms with Gasteiger partial charge in [0.2, 0.25) is 0 Å². The summed E-state index contributed by atoms with van der Waals surface area (Å²) in [5.74, 6) is 0.0787. The van der Waals surface area contributed by atoms with Gasteiger partial charge in [-0.25, -0.2) is 0 Å². The first kappa shape index (κ1) is 17.9. The average molecular weight is 377 g/mol. The second-order valence-corrected chi connectivity index (χ2v) is 6.53. The Kier molecular flexibility index (Phi) is 4.90. The molecule has 1 aliphatic rings. The number of benzene rings is 3. The molecule has 3 aromatic rings. The zero-order valence-electron chi connectivity index (χ0n) is 15.1. The van der Waals surface area contributed by atoms with Crippen LogP contribution in [0.25, 0.3) is 10.8 Å². The van der Waals surface area contributed by atoms with Crippen LogP contribution in [0.15, 0.2) is 59.6 Å². The molecular weight excluding hydrogens is 358 g/mol. The summed E-state index contributed by atoms with van der Waals surface area (Å²) < 4.78 is 5.37. The fourth-order valence-corrected chi connectivity index (χ4v) is 3.29. The molecular formula is C21H19N3O4. The Hall–Kier alpha value is -3.45. The van der Waals surface area contributed by atoms with E-state index >= 15 is 0 Å². The largest absolute Gasteiger partial charge is 0.507 e. The van der Waals surface area contributed by atoms with Gasteiger partial charge in [-0.2, -0.15) is 0 Å². The first-order valence-electron chi connectivity index (χ1n) is 8.99. The quantitative estimate of drug-likeness (QED) is 0.421. The molecule has 0 aliphatic carbocycles. The first-order valence-corrected chi connectivity index (χ1v) is 8.99. The molecule has 1 saturated heterocycles. The van der Waals surface area contributed by atoms with Gasteiger partial charge in [0.05, 0.1) is 23.8 Å². The number of fused-ring (bicyclic) bond motifs is 1. The van der Waals surface area contributed by atoms with E-state index in [9.17, 15) is 15.2 Å². The second kappa shape index (κ2) is 7.66. The molecule has 0 atom stereocenters. The number of aromatic hydroxyl groups is 1. The van der Waals surface area contributed by atoms with Crippen LogP contribution in [0.5, 0.6) is 5.75 Å². The van der Waals surface area contributed by atoms with Crippen molar-refractivity contribution < 1.29 is 14.8 Å². The van der Waals surface area contributed by atoms with Crippen molar-refractivity contribution in [3.8, 4) is 5.75 Å². The third-order valence-electron chi connectivity index (χ3n) is 4.80. The lowest BCUT2D eigenvalue weighted by atomic mass is 10.0. The van der Waals surface area contributed by atoms with Crippen LogP contribution in [0.4, 0.5) is 17.1 Å². The summed E-state index contributed by atoms with van der Waals surface area (Å²) in [5, 5.41) is 22.6. The Labute approximate surface area is 161 Å². The summed E-state index contributed by atoms with van der Waals surface area (Å²) in [7, 11) is 0. The average Bonchev–Trinajstić information content (AvgIpc) is 2.73. The van der Waals surface area contributed by atoms with Gasteiger partial charge in [-0.3, -0.25) is 15.1 Å². The van der Waals surface area contributed by atoms with E-state index in [1.54, 1.807) is 18.3 Å². The molecule has 0 saturated carbocycles. The number of phenols is 1. The number of ether oxygens (including phenoxy) is 1. The first-order chi connectivity index (χ1) is 13.6. The highest BCUT2D eigenvalue weighted by atomic mass is 16.6. The number of nitro groups is 1. The maximum absolute atomic E-state index is 11.0. The van der Waals surface area contributed by atoms with Crippen LogP contribution in [-0.4, -0.2) is 42.5 Å². The lowest BCUT2D eigenvalue weighted by molar-refractivity contribution is -0.384. The number of aliphatic imine (C=N–C) groups is 1. The molecule has 0 spiro atoms. The number of hydrogen-bond acceptors (Lipinski definition) is 6. The van der Waals surface area contributed by atoms with E-state index < -0.39 is 4.92 Å². The van der Waals surface area contributed by atoms with E-state index in [0.29, 0.717) is 16.3 Å². The van der Waals surface area contributed by atoms with Gasteiger partial charge in [0, 0.05) is 42.7 Å². The van der Waals surface area contributed by atoms with Crippen LogP contribution in [0.2, 0.25) is 0 Å². The zero-order valence-corrected chi connectivity index (χ0v) is 15.1. The van der Waals surface area contributed by atoms with Crippen LogP contribution in [0, 0.1) is 10.1 Å². The number of anilines is 1. The molecule has 3 aromatic carbocycles. The zero-order chi connectivity index (χ0) is 19.5. The molecule has 0 radical (unpaired) electrons. The highest BCUT2D eigenvalue weighted by molar-refractivity contribution is 6.03. The minimum absolute atomic E-state index is 0.0137. The third kappa shape index (κ3) is 3.65. The molecule has 1 aliphatic heterocycles. The molecule has 0 amide bonds. The van der Waals surface area contributed by atoms with Gasteiger partial charge >= 0.3 is 0 Å². The van der Waals surface area contributed by atoms with Crippen LogP contribution < -0.4 is 4.90 Å². The van der Waals surface area contributed by atoms with Crippen LogP contribution in [0.1, 0.15) is 5.56 Å². The van der Waals surface area contributed by atoms with Crippen molar-refractivity contribution in [3.05, 3.63) is 70.3 Å². The number of morpholine rings is 1. The van der Waals surface area contributed by atoms with Gasteiger partial charge in [0.25, 0.3) is 5.69 Å². The number of nitro benzene ring substituents is 1. The van der Waals surface area contributed by atoms with Gasteiger partial charge in [0.1, 0.15) is 5.75 Å². The molecule has 4 rings (SSSR count). The van der Waals surface area contributed by atoms with Gasteiger partial charge in [-0.05, 0) is 47.2 Å². The van der Waals surface area contributed by atoms with Crippen molar-refractivity contribution in [3.63, 3.8) is 0 Å². The molecule has 7 nitrogen and oxygen atoms in total. The Morgan fingerprint density at radius 2 is 1.82 bits per heavy atom. The highest BCUT2D eigenvalue weighted by Gasteiger charge is 2.12. The van der Waals surface area contributed by atoms with Crippen molar-refractivity contribution in [2.75, 3.05) is 31.2 Å². The summed E-state index contributed by atoms with van der Waals surface area (Å²) >= 11 is 0. The lowest BCUT2D eigenvalue weighted by Gasteiger charge is -2.28. The molecule has 1 N–H and O–H groups in total. The maximum Gasteiger partial charge on any atom is 0.270 e. The summed E-state index contributed by atoms with van der Waals surface area (Å²) in [6.45, 7) is 3.22. The van der Waals surface area contributed by atoms with E-state index in [0.717, 1.165) is 37.7 Å². The molecule has 28 heavy (non-hydrogen) atoms. The van der Waals surface area contributed by atoms with Gasteiger partial charge in [0.15, 0.2) is 0 Å². The van der Waals surface area contributed by atoms with Crippen molar-refractivity contribution in [2.45, 2.75) is 0 Å². The van der Waals surface area contributed by atoms with E-state index in [-0.39, 0.29) is 11.4 Å². The third-order valence-corrected chi connectivity index (χ3v) is 4.80. The van der Waals surface area contributed by atoms with E-state index in [4.69, 9.17) is 4.74 Å². The van der Waals surface area contributed by atoms with Crippen molar-refractivity contribution in [1.82, 2.24) is 0 Å². The fraction of sp³-hybridized carbons (Fsp3) is 0.190. The predicted octanol–water partition coefficient (Wildman–Crippen LogP) is 4.04. The number of rotatable bonds is 4. The van der Waals surface area contributed by atoms with Crippen molar-refractivity contribution >= 4 is 34.0 Å². The molecule has 142 valence electrons. The predicted molar refractivity (Wildman–Crippen MR) is 109 cm³/mol. The lowest BCUT2D eigenvalue weighted by Crippen LogP contribution is -2.36. The van der Waals surface area contributed by atoms with Gasteiger partial charge < -0.3 is 14.7 Å². The smallest absolute Gasteiger partial charge is 0.270 e. The summed E-state index contributed by atoms with van der Waals surface area (Å²) in [6, 6.07) is 15.6. The normalized spacial score (nSPS) is 14.6. The van der Waals surface area contributed by atoms with Crippen LogP contribution in [0.3, 0.4) is 0 Å². The number of hydrogen-bond donors (Lipinski definition) is 1. The Bertz CT molecular complexity index is 1040. The minimum atomic E-state index is -0.434. The minimum Gasteiger partial charge on any atom is -0.507 e. The molecule has 0 bridgehead atoms. The summed E-state index contributed by atoms with van der Waals surface area (Å²) in [5.41, 5.74) is 2.43. The number of phenolic OH excluding ortho intramolecular Hbond substituents is 1. The SMILES string of the molecule is O=[N+]([O-])c1ccc2c(C=Nc3ccc(N4CCOCC4)cc3)c(O)ccc2c1. The Morgan fingerprint density at radius 3 is 2.54 bits per heavy atom. The molecule has 7 heteroatoms.